The van der Waals surface area contributed by atoms with Crippen LogP contribution in [0.4, 0.5) is 0 Å². The second-order valence-corrected chi connectivity index (χ2v) is 7.54. The Morgan fingerprint density at radius 2 is 1.74 bits per heavy atom. The third-order valence-corrected chi connectivity index (χ3v) is 5.28. The summed E-state index contributed by atoms with van der Waals surface area (Å²) in [6.07, 6.45) is 0.00898. The van der Waals surface area contributed by atoms with E-state index >= 15 is 0 Å². The van der Waals surface area contributed by atoms with Crippen LogP contribution in [-0.2, 0) is 25.5 Å². The molecule has 1 fully saturated rings. The first kappa shape index (κ1) is 22.3. The van der Waals surface area contributed by atoms with E-state index in [1.54, 1.807) is 26.4 Å². The number of carbonyl (C=O) groups excluding carboxylic acids is 2. The summed E-state index contributed by atoms with van der Waals surface area (Å²) in [4.78, 5) is 35.7. The van der Waals surface area contributed by atoms with Crippen molar-refractivity contribution in [2.75, 3.05) is 20.8 Å². The first-order valence-corrected chi connectivity index (χ1v) is 9.77. The van der Waals surface area contributed by atoms with Crippen LogP contribution in [0.25, 0.3) is 11.1 Å². The molecule has 0 bridgehead atoms. The van der Waals surface area contributed by atoms with Gasteiger partial charge in [0.2, 0.25) is 0 Å². The number of ketones is 1. The predicted octanol–water partition coefficient (Wildman–Crippen LogP) is 2.23. The van der Waals surface area contributed by atoms with Crippen molar-refractivity contribution in [2.45, 2.75) is 31.4 Å². The Kier molecular flexibility index (Phi) is 6.60. The molecule has 3 rings (SSSR count). The van der Waals surface area contributed by atoms with Gasteiger partial charge in [0, 0.05) is 12.8 Å². The average Bonchev–Trinajstić information content (AvgIpc) is 3.12. The maximum absolute atomic E-state index is 12.5. The number of benzene rings is 2. The Balaban J connectivity index is 1.77. The van der Waals surface area contributed by atoms with Crippen LogP contribution < -0.4 is 14.8 Å². The van der Waals surface area contributed by atoms with Crippen molar-refractivity contribution in [1.29, 1.82) is 0 Å². The minimum Gasteiger partial charge on any atom is -0.496 e. The molecule has 2 aromatic rings. The van der Waals surface area contributed by atoms with Gasteiger partial charge in [0.15, 0.2) is 11.4 Å². The van der Waals surface area contributed by atoms with Gasteiger partial charge >= 0.3 is 5.97 Å². The molecule has 0 aromatic heterocycles. The van der Waals surface area contributed by atoms with E-state index in [9.17, 15) is 19.5 Å². The van der Waals surface area contributed by atoms with Gasteiger partial charge in [-0.25, -0.2) is 4.79 Å². The molecular weight excluding hydrogens is 402 g/mol. The molecule has 1 saturated heterocycles. The first-order chi connectivity index (χ1) is 14.8. The second-order valence-electron chi connectivity index (χ2n) is 7.54. The Morgan fingerprint density at radius 1 is 1.13 bits per heavy atom. The molecule has 0 aliphatic carbocycles. The number of carbonyl (C=O) groups is 3. The SMILES string of the molecule is COc1cccc(OC)c1-c1ccc(C[C@H](NC(=O)C2(C)CC(=O)CO2)C(=O)O)cc1. The van der Waals surface area contributed by atoms with E-state index < -0.39 is 23.5 Å². The van der Waals surface area contributed by atoms with Crippen molar-refractivity contribution in [1.82, 2.24) is 5.32 Å². The number of hydrogen-bond acceptors (Lipinski definition) is 6. The lowest BCUT2D eigenvalue weighted by Gasteiger charge is -2.24. The lowest BCUT2D eigenvalue weighted by molar-refractivity contribution is -0.147. The van der Waals surface area contributed by atoms with Gasteiger partial charge in [-0.05, 0) is 30.2 Å². The minimum absolute atomic E-state index is 0.0688. The molecule has 1 amide bonds. The first-order valence-electron chi connectivity index (χ1n) is 9.77. The van der Waals surface area contributed by atoms with Gasteiger partial charge in [0.1, 0.15) is 24.1 Å². The fourth-order valence-corrected chi connectivity index (χ4v) is 3.55. The van der Waals surface area contributed by atoms with Crippen molar-refractivity contribution in [3.05, 3.63) is 48.0 Å². The maximum atomic E-state index is 12.5. The highest BCUT2D eigenvalue weighted by atomic mass is 16.5. The number of rotatable bonds is 8. The molecule has 8 heteroatoms. The van der Waals surface area contributed by atoms with Gasteiger partial charge in [-0.2, -0.15) is 0 Å². The van der Waals surface area contributed by atoms with Gasteiger partial charge in [-0.15, -0.1) is 0 Å². The number of aliphatic carboxylic acids is 1. The Bertz CT molecular complexity index is 964. The van der Waals surface area contributed by atoms with E-state index in [1.807, 2.05) is 30.3 Å². The fourth-order valence-electron chi connectivity index (χ4n) is 3.55. The van der Waals surface area contributed by atoms with E-state index in [0.29, 0.717) is 11.5 Å². The summed E-state index contributed by atoms with van der Waals surface area (Å²) in [6.45, 7) is 1.34. The molecule has 0 radical (unpaired) electrons. The summed E-state index contributed by atoms with van der Waals surface area (Å²) < 4.78 is 16.1. The van der Waals surface area contributed by atoms with E-state index in [0.717, 1.165) is 16.7 Å². The molecule has 1 aliphatic rings. The van der Waals surface area contributed by atoms with E-state index in [2.05, 4.69) is 5.32 Å². The molecule has 2 aromatic carbocycles. The van der Waals surface area contributed by atoms with Crippen LogP contribution in [0.15, 0.2) is 42.5 Å². The fraction of sp³-hybridized carbons (Fsp3) is 0.348. The van der Waals surface area contributed by atoms with Crippen molar-refractivity contribution in [3.8, 4) is 22.6 Å². The average molecular weight is 427 g/mol. The monoisotopic (exact) mass is 427 g/mol. The molecule has 1 aliphatic heterocycles. The zero-order valence-electron chi connectivity index (χ0n) is 17.6. The molecule has 31 heavy (non-hydrogen) atoms. The van der Waals surface area contributed by atoms with E-state index in [-0.39, 0.29) is 25.2 Å². The molecule has 0 saturated carbocycles. The Hall–Kier alpha value is -3.39. The smallest absolute Gasteiger partial charge is 0.326 e. The van der Waals surface area contributed by atoms with Gasteiger partial charge in [-0.3, -0.25) is 9.59 Å². The summed E-state index contributed by atoms with van der Waals surface area (Å²) >= 11 is 0. The quantitative estimate of drug-likeness (QED) is 0.665. The van der Waals surface area contributed by atoms with Gasteiger partial charge in [0.25, 0.3) is 5.91 Å². The van der Waals surface area contributed by atoms with Crippen LogP contribution in [-0.4, -0.2) is 55.2 Å². The third-order valence-electron chi connectivity index (χ3n) is 5.28. The molecule has 2 N–H and O–H groups in total. The van der Waals surface area contributed by atoms with Crippen LogP contribution >= 0.6 is 0 Å². The van der Waals surface area contributed by atoms with E-state index in [1.165, 1.54) is 6.92 Å². The zero-order valence-corrected chi connectivity index (χ0v) is 17.6. The van der Waals surface area contributed by atoms with Crippen molar-refractivity contribution < 1.29 is 33.7 Å². The Morgan fingerprint density at radius 3 is 2.23 bits per heavy atom. The Labute approximate surface area is 180 Å². The molecule has 0 spiro atoms. The maximum Gasteiger partial charge on any atom is 0.326 e. The largest absolute Gasteiger partial charge is 0.496 e. The predicted molar refractivity (Wildman–Crippen MR) is 112 cm³/mol. The summed E-state index contributed by atoms with van der Waals surface area (Å²) in [5, 5.41) is 12.1. The summed E-state index contributed by atoms with van der Waals surface area (Å²) in [7, 11) is 3.16. The van der Waals surface area contributed by atoms with Crippen LogP contribution in [0, 0.1) is 0 Å². The molecule has 8 nitrogen and oxygen atoms in total. The lowest BCUT2D eigenvalue weighted by Crippen LogP contribution is -2.51. The topological polar surface area (TPSA) is 111 Å². The normalized spacial score (nSPS) is 19.0. The summed E-state index contributed by atoms with van der Waals surface area (Å²) in [5.74, 6) is -0.658. The highest BCUT2D eigenvalue weighted by molar-refractivity contribution is 5.96. The number of ether oxygens (including phenoxy) is 3. The van der Waals surface area contributed by atoms with Crippen LogP contribution in [0.2, 0.25) is 0 Å². The van der Waals surface area contributed by atoms with Crippen molar-refractivity contribution in [2.24, 2.45) is 0 Å². The molecule has 2 atom stereocenters. The molecule has 1 heterocycles. The van der Waals surface area contributed by atoms with Crippen molar-refractivity contribution in [3.63, 3.8) is 0 Å². The number of carboxylic acids is 1. The number of nitrogens with one attached hydrogen (secondary N) is 1. The third kappa shape index (κ3) is 4.86. The number of amides is 1. The molecular formula is C23H25NO7. The van der Waals surface area contributed by atoms with E-state index in [4.69, 9.17) is 14.2 Å². The van der Waals surface area contributed by atoms with Crippen LogP contribution in [0.1, 0.15) is 18.9 Å². The minimum atomic E-state index is -1.34. The second kappa shape index (κ2) is 9.18. The number of Topliss-reactive ketones (excluding diaryl/α,β-unsaturated/α-hetero) is 1. The standard InChI is InChI=1S/C23H25NO7/c1-23(12-16(25)13-31-23)22(28)24-17(21(26)27)11-14-7-9-15(10-8-14)20-18(29-2)5-4-6-19(20)30-3/h4-10,17H,11-13H2,1-3H3,(H,24,28)(H,26,27)/t17-,23?/m0/s1. The summed E-state index contributed by atoms with van der Waals surface area (Å²) in [6, 6.07) is 11.6. The van der Waals surface area contributed by atoms with Gasteiger partial charge < -0.3 is 24.6 Å². The zero-order chi connectivity index (χ0) is 22.6. The van der Waals surface area contributed by atoms with Crippen LogP contribution in [0.3, 0.4) is 0 Å². The summed E-state index contributed by atoms with van der Waals surface area (Å²) in [5.41, 5.74) is 1.02. The number of hydrogen-bond donors (Lipinski definition) is 2. The van der Waals surface area contributed by atoms with Gasteiger partial charge in [-0.1, -0.05) is 30.3 Å². The van der Waals surface area contributed by atoms with Crippen molar-refractivity contribution >= 4 is 17.7 Å². The number of methoxy groups -OCH3 is 2. The van der Waals surface area contributed by atoms with Gasteiger partial charge in [0.05, 0.1) is 19.8 Å². The molecule has 1 unspecified atom stereocenters. The number of carboxylic acid groups (broad SMARTS) is 1. The molecule has 164 valence electrons. The highest BCUT2D eigenvalue weighted by Gasteiger charge is 2.43. The lowest BCUT2D eigenvalue weighted by atomic mass is 9.97. The highest BCUT2D eigenvalue weighted by Crippen LogP contribution is 2.38. The van der Waals surface area contributed by atoms with Crippen LogP contribution in [0.5, 0.6) is 11.5 Å².